The lowest BCUT2D eigenvalue weighted by Crippen LogP contribution is -2.21. The fourth-order valence-corrected chi connectivity index (χ4v) is 4.05. The van der Waals surface area contributed by atoms with E-state index >= 15 is 0 Å². The van der Waals surface area contributed by atoms with Gasteiger partial charge in [0.05, 0.1) is 10.8 Å². The van der Waals surface area contributed by atoms with E-state index in [0.717, 1.165) is 24.5 Å². The number of benzene rings is 2. The number of halogens is 2. The second-order valence-electron chi connectivity index (χ2n) is 6.36. The zero-order valence-corrected chi connectivity index (χ0v) is 18.9. The number of nitrogens with two attached hydrogens (primary N) is 1. The number of hydrogen-bond acceptors (Lipinski definition) is 6. The van der Waals surface area contributed by atoms with Crippen LogP contribution < -0.4 is 16.1 Å². The smallest absolute Gasteiger partial charge is 0.234 e. The van der Waals surface area contributed by atoms with E-state index in [1.165, 1.54) is 16.4 Å². The Morgan fingerprint density at radius 3 is 2.47 bits per heavy atom. The maximum absolute atomic E-state index is 12.3. The molecule has 0 unspecified atom stereocenters. The monoisotopic (exact) mass is 464 g/mol. The quantitative estimate of drug-likeness (QED) is 0.375. The van der Waals surface area contributed by atoms with Crippen LogP contribution in [0.15, 0.2) is 47.6 Å². The first-order chi connectivity index (χ1) is 14.4. The molecule has 0 fully saturated rings. The molecule has 158 valence electrons. The molecule has 3 rings (SSSR count). The van der Waals surface area contributed by atoms with Crippen molar-refractivity contribution in [3.05, 3.63) is 52.5 Å². The summed E-state index contributed by atoms with van der Waals surface area (Å²) in [6, 6.07) is 12.8. The number of nitrogens with one attached hydrogen (secondary N) is 1. The summed E-state index contributed by atoms with van der Waals surface area (Å²) < 4.78 is 1.31. The van der Waals surface area contributed by atoms with Gasteiger partial charge in [0, 0.05) is 35.1 Å². The zero-order chi connectivity index (χ0) is 21.7. The number of carbonyl (C=O) groups excluding carboxylic acids is 1. The molecule has 0 atom stereocenters. The summed E-state index contributed by atoms with van der Waals surface area (Å²) in [6.45, 7) is 6.08. The number of aromatic nitrogens is 3. The molecule has 0 radical (unpaired) electrons. The van der Waals surface area contributed by atoms with Gasteiger partial charge in [-0.25, -0.2) is 4.68 Å². The molecule has 2 aromatic carbocycles. The highest BCUT2D eigenvalue weighted by atomic mass is 35.5. The Morgan fingerprint density at radius 1 is 1.13 bits per heavy atom. The van der Waals surface area contributed by atoms with Crippen molar-refractivity contribution >= 4 is 52.2 Å². The zero-order valence-electron chi connectivity index (χ0n) is 16.6. The van der Waals surface area contributed by atoms with Crippen LogP contribution in [0.2, 0.25) is 10.0 Å². The van der Waals surface area contributed by atoms with Crippen molar-refractivity contribution in [1.29, 1.82) is 0 Å². The molecule has 0 aliphatic carbocycles. The van der Waals surface area contributed by atoms with Gasteiger partial charge in [-0.05, 0) is 56.3 Å². The van der Waals surface area contributed by atoms with Gasteiger partial charge in [-0.2, -0.15) is 0 Å². The van der Waals surface area contributed by atoms with E-state index in [9.17, 15) is 4.79 Å². The highest BCUT2D eigenvalue weighted by molar-refractivity contribution is 7.99. The first kappa shape index (κ1) is 22.3. The Kier molecular flexibility index (Phi) is 7.47. The molecule has 0 aliphatic heterocycles. The number of nitrogen functional groups attached to an aromatic ring is 1. The largest absolute Gasteiger partial charge is 0.372 e. The van der Waals surface area contributed by atoms with E-state index in [0.29, 0.717) is 26.6 Å². The van der Waals surface area contributed by atoms with Crippen molar-refractivity contribution in [3.63, 3.8) is 0 Å². The molecule has 0 bridgehead atoms. The van der Waals surface area contributed by atoms with Crippen LogP contribution in [-0.4, -0.2) is 39.6 Å². The molecule has 1 amide bonds. The van der Waals surface area contributed by atoms with Crippen LogP contribution in [0.25, 0.3) is 11.4 Å². The maximum atomic E-state index is 12.3. The Morgan fingerprint density at radius 2 is 1.83 bits per heavy atom. The molecule has 30 heavy (non-hydrogen) atoms. The van der Waals surface area contributed by atoms with Crippen LogP contribution in [0.5, 0.6) is 0 Å². The summed E-state index contributed by atoms with van der Waals surface area (Å²) in [5.74, 6) is 6.47. The third-order valence-corrected chi connectivity index (χ3v) is 5.94. The Hall–Kier alpha value is -2.42. The van der Waals surface area contributed by atoms with Gasteiger partial charge in [0.25, 0.3) is 0 Å². The SMILES string of the molecule is CCN(CC)c1ccc(NC(=O)CSc2nnc(-c3ccc(Cl)cc3Cl)n2N)cc1. The predicted octanol–water partition coefficient (Wildman–Crippen LogP) is 4.54. The van der Waals surface area contributed by atoms with E-state index in [2.05, 4.69) is 34.3 Å². The second-order valence-corrected chi connectivity index (χ2v) is 8.14. The van der Waals surface area contributed by atoms with Crippen molar-refractivity contribution in [2.45, 2.75) is 19.0 Å². The van der Waals surface area contributed by atoms with E-state index < -0.39 is 0 Å². The molecule has 0 saturated carbocycles. The van der Waals surface area contributed by atoms with Crippen molar-refractivity contribution in [1.82, 2.24) is 14.9 Å². The van der Waals surface area contributed by atoms with Crippen LogP contribution in [-0.2, 0) is 4.79 Å². The van der Waals surface area contributed by atoms with Gasteiger partial charge in [0.1, 0.15) is 0 Å². The predicted molar refractivity (Wildman–Crippen MR) is 125 cm³/mol. The number of rotatable bonds is 8. The third-order valence-electron chi connectivity index (χ3n) is 4.45. The van der Waals surface area contributed by atoms with Gasteiger partial charge in [-0.1, -0.05) is 35.0 Å². The molecule has 3 N–H and O–H groups in total. The number of anilines is 2. The fraction of sp³-hybridized carbons (Fsp3) is 0.250. The minimum absolute atomic E-state index is 0.140. The van der Waals surface area contributed by atoms with Crippen LogP contribution >= 0.6 is 35.0 Å². The molecule has 3 aromatic rings. The van der Waals surface area contributed by atoms with Gasteiger partial charge in [0.15, 0.2) is 5.82 Å². The molecule has 0 spiro atoms. The second kappa shape index (κ2) is 10.1. The summed E-state index contributed by atoms with van der Waals surface area (Å²) in [6.07, 6.45) is 0. The third kappa shape index (κ3) is 5.19. The summed E-state index contributed by atoms with van der Waals surface area (Å²) in [5.41, 5.74) is 2.47. The number of amides is 1. The van der Waals surface area contributed by atoms with Gasteiger partial charge in [0.2, 0.25) is 11.1 Å². The summed E-state index contributed by atoms with van der Waals surface area (Å²) >= 11 is 13.3. The van der Waals surface area contributed by atoms with Crippen molar-refractivity contribution in [2.24, 2.45) is 0 Å². The lowest BCUT2D eigenvalue weighted by atomic mass is 10.2. The Balaban J connectivity index is 1.61. The lowest BCUT2D eigenvalue weighted by Gasteiger charge is -2.21. The van der Waals surface area contributed by atoms with Crippen molar-refractivity contribution in [2.75, 3.05) is 34.9 Å². The minimum atomic E-state index is -0.162. The molecule has 10 heteroatoms. The first-order valence-corrected chi connectivity index (χ1v) is 11.1. The number of carbonyl (C=O) groups is 1. The molecule has 0 aliphatic rings. The Bertz CT molecular complexity index is 1020. The average molecular weight is 465 g/mol. The number of hydrogen-bond donors (Lipinski definition) is 2. The van der Waals surface area contributed by atoms with Crippen molar-refractivity contribution < 1.29 is 4.79 Å². The first-order valence-electron chi connectivity index (χ1n) is 9.36. The summed E-state index contributed by atoms with van der Waals surface area (Å²) in [5, 5.41) is 12.4. The summed E-state index contributed by atoms with van der Waals surface area (Å²) in [7, 11) is 0. The Labute approximate surface area is 189 Å². The standard InChI is InChI=1S/C20H22Cl2N6OS/c1-3-27(4-2)15-8-6-14(7-9-15)24-18(29)12-30-20-26-25-19(28(20)23)16-10-5-13(21)11-17(16)22/h5-11H,3-4,12,23H2,1-2H3,(H,24,29). The van der Waals surface area contributed by atoms with Crippen LogP contribution in [0.4, 0.5) is 11.4 Å². The molecule has 1 aromatic heterocycles. The normalized spacial score (nSPS) is 10.8. The molecular weight excluding hydrogens is 443 g/mol. The highest BCUT2D eigenvalue weighted by Gasteiger charge is 2.16. The maximum Gasteiger partial charge on any atom is 0.234 e. The topological polar surface area (TPSA) is 89.1 Å². The number of nitrogens with zero attached hydrogens (tertiary/aromatic N) is 4. The molecule has 7 nitrogen and oxygen atoms in total. The van der Waals surface area contributed by atoms with Crippen LogP contribution in [0.1, 0.15) is 13.8 Å². The van der Waals surface area contributed by atoms with Crippen LogP contribution in [0, 0.1) is 0 Å². The van der Waals surface area contributed by atoms with E-state index in [-0.39, 0.29) is 11.7 Å². The van der Waals surface area contributed by atoms with Gasteiger partial charge < -0.3 is 16.1 Å². The van der Waals surface area contributed by atoms with Gasteiger partial charge in [-0.3, -0.25) is 4.79 Å². The van der Waals surface area contributed by atoms with Crippen molar-refractivity contribution in [3.8, 4) is 11.4 Å². The van der Waals surface area contributed by atoms with Gasteiger partial charge in [-0.15, -0.1) is 10.2 Å². The number of thioether (sulfide) groups is 1. The fourth-order valence-electron chi connectivity index (χ4n) is 2.90. The van der Waals surface area contributed by atoms with Gasteiger partial charge >= 0.3 is 0 Å². The highest BCUT2D eigenvalue weighted by Crippen LogP contribution is 2.30. The summed E-state index contributed by atoms with van der Waals surface area (Å²) in [4.78, 5) is 14.6. The van der Waals surface area contributed by atoms with E-state index in [1.54, 1.807) is 18.2 Å². The van der Waals surface area contributed by atoms with Crippen LogP contribution in [0.3, 0.4) is 0 Å². The lowest BCUT2D eigenvalue weighted by molar-refractivity contribution is -0.113. The molecular formula is C20H22Cl2N6OS. The molecule has 0 saturated heterocycles. The molecule has 1 heterocycles. The van der Waals surface area contributed by atoms with E-state index in [4.69, 9.17) is 29.0 Å². The average Bonchev–Trinajstić information content (AvgIpc) is 3.09. The van der Waals surface area contributed by atoms with E-state index in [1.807, 2.05) is 24.3 Å². The minimum Gasteiger partial charge on any atom is -0.372 e.